The summed E-state index contributed by atoms with van der Waals surface area (Å²) in [5.41, 5.74) is 1.19. The number of methoxy groups -OCH3 is 1. The molecule has 1 unspecified atom stereocenters. The van der Waals surface area contributed by atoms with Gasteiger partial charge in [-0.05, 0) is 31.5 Å². The van der Waals surface area contributed by atoms with Crippen molar-refractivity contribution in [2.45, 2.75) is 32.5 Å². The molecule has 0 saturated carbocycles. The fourth-order valence-electron chi connectivity index (χ4n) is 3.15. The minimum absolute atomic E-state index is 0.0862. The van der Waals surface area contributed by atoms with Crippen LogP contribution in [0.4, 0.5) is 0 Å². The van der Waals surface area contributed by atoms with Crippen molar-refractivity contribution < 1.29 is 13.9 Å². The van der Waals surface area contributed by atoms with Crippen LogP contribution < -0.4 is 5.32 Å². The average molecular weight is 332 g/mol. The van der Waals surface area contributed by atoms with Crippen molar-refractivity contribution in [2.75, 3.05) is 26.8 Å². The summed E-state index contributed by atoms with van der Waals surface area (Å²) in [6.45, 7) is 5.19. The van der Waals surface area contributed by atoms with E-state index in [9.17, 15) is 4.79 Å². The Kier molecular flexibility index (Phi) is 5.32. The van der Waals surface area contributed by atoms with Gasteiger partial charge in [-0.15, -0.1) is 0 Å². The number of hydrogen-bond acceptors (Lipinski definition) is 5. The quantitative estimate of drug-likeness (QED) is 0.832. The predicted octanol–water partition coefficient (Wildman–Crippen LogP) is 1.49. The summed E-state index contributed by atoms with van der Waals surface area (Å²) in [5.74, 6) is 1.83. The topological polar surface area (TPSA) is 72.5 Å². The largest absolute Gasteiger partial charge is 0.465 e. The summed E-state index contributed by atoms with van der Waals surface area (Å²) >= 11 is 0. The van der Waals surface area contributed by atoms with Gasteiger partial charge in [0.25, 0.3) is 0 Å². The zero-order valence-electron chi connectivity index (χ0n) is 14.2. The number of ether oxygens (including phenoxy) is 1. The Morgan fingerprint density at radius 2 is 2.33 bits per heavy atom. The summed E-state index contributed by atoms with van der Waals surface area (Å²) in [7, 11) is 1.52. The van der Waals surface area contributed by atoms with E-state index in [1.807, 2.05) is 25.3 Å². The maximum atomic E-state index is 11.5. The molecule has 24 heavy (non-hydrogen) atoms. The lowest BCUT2D eigenvalue weighted by molar-refractivity contribution is -0.124. The van der Waals surface area contributed by atoms with E-state index >= 15 is 0 Å². The van der Waals surface area contributed by atoms with Crippen LogP contribution in [0.2, 0.25) is 0 Å². The van der Waals surface area contributed by atoms with Gasteiger partial charge in [-0.3, -0.25) is 14.4 Å². The molecule has 0 fully saturated rings. The van der Waals surface area contributed by atoms with E-state index in [-0.39, 0.29) is 18.6 Å². The third-order valence-electron chi connectivity index (χ3n) is 4.20. The van der Waals surface area contributed by atoms with Gasteiger partial charge >= 0.3 is 0 Å². The minimum Gasteiger partial charge on any atom is -0.465 e. The molecule has 1 atom stereocenters. The van der Waals surface area contributed by atoms with Crippen LogP contribution >= 0.6 is 0 Å². The number of furan rings is 1. The first-order valence-corrected chi connectivity index (χ1v) is 8.21. The number of nitrogens with one attached hydrogen (secondary N) is 1. The van der Waals surface area contributed by atoms with Gasteiger partial charge in [0, 0.05) is 32.9 Å². The highest BCUT2D eigenvalue weighted by Crippen LogP contribution is 2.24. The van der Waals surface area contributed by atoms with Crippen molar-refractivity contribution in [3.8, 4) is 0 Å². The Morgan fingerprint density at radius 3 is 3.08 bits per heavy atom. The van der Waals surface area contributed by atoms with E-state index in [2.05, 4.69) is 26.1 Å². The zero-order valence-corrected chi connectivity index (χ0v) is 14.2. The SMILES string of the molecule is COCC(=O)NCCC1CN(Cc2ccc(C)o2)Cc2ccnn21. The molecule has 0 radical (unpaired) electrons. The number of carbonyl (C=O) groups excluding carboxylic acids is 1. The van der Waals surface area contributed by atoms with Crippen LogP contribution in [0, 0.1) is 6.92 Å². The second-order valence-corrected chi connectivity index (χ2v) is 6.17. The van der Waals surface area contributed by atoms with E-state index in [0.717, 1.165) is 37.6 Å². The molecule has 1 aliphatic heterocycles. The highest BCUT2D eigenvalue weighted by atomic mass is 16.5. The lowest BCUT2D eigenvalue weighted by Gasteiger charge is -2.33. The molecule has 1 N–H and O–H groups in total. The highest BCUT2D eigenvalue weighted by Gasteiger charge is 2.26. The molecule has 3 heterocycles. The molecule has 0 saturated heterocycles. The van der Waals surface area contributed by atoms with Gasteiger partial charge in [0.15, 0.2) is 0 Å². The van der Waals surface area contributed by atoms with Crippen molar-refractivity contribution in [3.63, 3.8) is 0 Å². The second kappa shape index (κ2) is 7.63. The first-order valence-electron chi connectivity index (χ1n) is 8.21. The monoisotopic (exact) mass is 332 g/mol. The molecule has 0 aliphatic carbocycles. The standard InChI is InChI=1S/C17H24N4O3/c1-13-3-4-16(24-13)11-20-9-14(5-7-18-17(22)12-23-2)21-15(10-20)6-8-19-21/h3-4,6,8,14H,5,7,9-12H2,1-2H3,(H,18,22). The Morgan fingerprint density at radius 1 is 1.46 bits per heavy atom. The molecular weight excluding hydrogens is 308 g/mol. The lowest BCUT2D eigenvalue weighted by atomic mass is 10.1. The molecule has 130 valence electrons. The molecule has 2 aromatic rings. The average Bonchev–Trinajstić information content (AvgIpc) is 3.16. The van der Waals surface area contributed by atoms with Crippen LogP contribution in [0.1, 0.15) is 29.7 Å². The Labute approximate surface area is 141 Å². The fourth-order valence-corrected chi connectivity index (χ4v) is 3.15. The molecule has 0 aromatic carbocycles. The summed E-state index contributed by atoms with van der Waals surface area (Å²) in [6, 6.07) is 6.31. The van der Waals surface area contributed by atoms with Crippen molar-refractivity contribution in [1.82, 2.24) is 20.0 Å². The third-order valence-corrected chi connectivity index (χ3v) is 4.20. The van der Waals surface area contributed by atoms with Crippen LogP contribution in [0.3, 0.4) is 0 Å². The summed E-state index contributed by atoms with van der Waals surface area (Å²) in [5, 5.41) is 7.33. The van der Waals surface area contributed by atoms with Crippen LogP contribution in [0.15, 0.2) is 28.8 Å². The molecule has 1 aliphatic rings. The van der Waals surface area contributed by atoms with E-state index < -0.39 is 0 Å². The number of aryl methyl sites for hydroxylation is 1. The van der Waals surface area contributed by atoms with E-state index in [1.54, 1.807) is 0 Å². The molecule has 2 aromatic heterocycles. The lowest BCUT2D eigenvalue weighted by Crippen LogP contribution is -2.39. The predicted molar refractivity (Wildman–Crippen MR) is 88.3 cm³/mol. The summed E-state index contributed by atoms with van der Waals surface area (Å²) < 4.78 is 12.6. The number of rotatable bonds is 7. The van der Waals surface area contributed by atoms with Crippen molar-refractivity contribution >= 4 is 5.91 Å². The number of hydrogen-bond donors (Lipinski definition) is 1. The second-order valence-electron chi connectivity index (χ2n) is 6.17. The smallest absolute Gasteiger partial charge is 0.245 e. The normalized spacial score (nSPS) is 17.7. The van der Waals surface area contributed by atoms with Gasteiger partial charge in [-0.25, -0.2) is 0 Å². The van der Waals surface area contributed by atoms with Crippen molar-refractivity contribution in [1.29, 1.82) is 0 Å². The maximum absolute atomic E-state index is 11.5. The molecule has 7 nitrogen and oxygen atoms in total. The maximum Gasteiger partial charge on any atom is 0.245 e. The van der Waals surface area contributed by atoms with Crippen LogP contribution in [-0.4, -0.2) is 47.4 Å². The van der Waals surface area contributed by atoms with Gasteiger partial charge in [0.2, 0.25) is 5.91 Å². The van der Waals surface area contributed by atoms with Gasteiger partial charge in [-0.2, -0.15) is 5.10 Å². The number of carbonyl (C=O) groups is 1. The Hall–Kier alpha value is -2.12. The molecule has 7 heteroatoms. The van der Waals surface area contributed by atoms with Gasteiger partial charge < -0.3 is 14.5 Å². The first kappa shape index (κ1) is 16.7. The van der Waals surface area contributed by atoms with Gasteiger partial charge in [-0.1, -0.05) is 0 Å². The molecule has 0 bridgehead atoms. The Balaban J connectivity index is 1.60. The van der Waals surface area contributed by atoms with E-state index in [1.165, 1.54) is 12.8 Å². The van der Waals surface area contributed by atoms with Crippen LogP contribution in [0.25, 0.3) is 0 Å². The number of aromatic nitrogens is 2. The van der Waals surface area contributed by atoms with Crippen molar-refractivity contribution in [3.05, 3.63) is 41.6 Å². The number of fused-ring (bicyclic) bond motifs is 1. The van der Waals surface area contributed by atoms with Crippen LogP contribution in [0.5, 0.6) is 0 Å². The highest BCUT2D eigenvalue weighted by molar-refractivity contribution is 5.77. The number of nitrogens with zero attached hydrogens (tertiary/aromatic N) is 3. The Bertz CT molecular complexity index is 679. The number of amides is 1. The summed E-state index contributed by atoms with van der Waals surface area (Å²) in [4.78, 5) is 13.9. The third kappa shape index (κ3) is 4.04. The molecule has 0 spiro atoms. The molecule has 3 rings (SSSR count). The molecular formula is C17H24N4O3. The van der Waals surface area contributed by atoms with E-state index in [0.29, 0.717) is 6.54 Å². The fraction of sp³-hybridized carbons (Fsp3) is 0.529. The van der Waals surface area contributed by atoms with E-state index in [4.69, 9.17) is 9.15 Å². The molecule has 1 amide bonds. The van der Waals surface area contributed by atoms with Crippen molar-refractivity contribution in [2.24, 2.45) is 0 Å². The minimum atomic E-state index is -0.0862. The van der Waals surface area contributed by atoms with Gasteiger partial charge in [0.05, 0.1) is 18.3 Å². The zero-order chi connectivity index (χ0) is 16.9. The van der Waals surface area contributed by atoms with Gasteiger partial charge in [0.1, 0.15) is 18.1 Å². The summed E-state index contributed by atoms with van der Waals surface area (Å²) in [6.07, 6.45) is 2.67. The van der Waals surface area contributed by atoms with Crippen LogP contribution in [-0.2, 0) is 22.6 Å². The first-order chi connectivity index (χ1) is 11.7.